The van der Waals surface area contributed by atoms with E-state index in [4.69, 9.17) is 14.2 Å². The molecule has 3 rings (SSSR count). The van der Waals surface area contributed by atoms with Gasteiger partial charge in [0, 0.05) is 0 Å². The van der Waals surface area contributed by atoms with E-state index in [-0.39, 0.29) is 5.97 Å². The van der Waals surface area contributed by atoms with Gasteiger partial charge < -0.3 is 14.2 Å². The molecule has 0 heterocycles. The summed E-state index contributed by atoms with van der Waals surface area (Å²) in [6, 6.07) is 22.7. The van der Waals surface area contributed by atoms with Crippen molar-refractivity contribution < 1.29 is 19.0 Å². The van der Waals surface area contributed by atoms with Gasteiger partial charge in [0.2, 0.25) is 0 Å². The van der Waals surface area contributed by atoms with Crippen LogP contribution >= 0.6 is 0 Å². The molecule has 3 aromatic carbocycles. The Bertz CT molecular complexity index is 1050. The van der Waals surface area contributed by atoms with Gasteiger partial charge in [0.1, 0.15) is 17.2 Å². The second kappa shape index (κ2) is 14.8. The Kier molecular flexibility index (Phi) is 11.1. The maximum atomic E-state index is 12.6. The van der Waals surface area contributed by atoms with Crippen molar-refractivity contribution >= 4 is 5.97 Å². The van der Waals surface area contributed by atoms with Crippen molar-refractivity contribution in [1.82, 2.24) is 0 Å². The molecule has 190 valence electrons. The van der Waals surface area contributed by atoms with E-state index in [2.05, 4.69) is 20.4 Å². The van der Waals surface area contributed by atoms with Crippen LogP contribution in [0.25, 0.3) is 11.1 Å². The van der Waals surface area contributed by atoms with Gasteiger partial charge >= 0.3 is 5.97 Å². The van der Waals surface area contributed by atoms with Gasteiger partial charge in [0.25, 0.3) is 0 Å². The Hall–Kier alpha value is -3.53. The van der Waals surface area contributed by atoms with Gasteiger partial charge in [-0.1, -0.05) is 63.5 Å². The van der Waals surface area contributed by atoms with Crippen molar-refractivity contribution in [2.24, 2.45) is 5.92 Å². The fourth-order valence-corrected chi connectivity index (χ4v) is 3.60. The number of hydrogen-bond donors (Lipinski definition) is 0. The smallest absolute Gasteiger partial charge is 0.343 e. The normalized spacial score (nSPS) is 11.5. The molecule has 0 unspecified atom stereocenters. The van der Waals surface area contributed by atoms with E-state index < -0.39 is 0 Å². The SMILES string of the molecule is C=CCCCCCCOc1ccc(OC(=O)c2ccc(-c3ccc(OC[C@@H](C)CC)cc3)cc2)cc1. The molecule has 0 saturated heterocycles. The van der Waals surface area contributed by atoms with Crippen LogP contribution in [0.1, 0.15) is 62.7 Å². The van der Waals surface area contributed by atoms with Crippen LogP contribution in [0.4, 0.5) is 0 Å². The molecule has 0 radical (unpaired) electrons. The quantitative estimate of drug-likeness (QED) is 0.0934. The fraction of sp³-hybridized carbons (Fsp3) is 0.344. The second-order valence-electron chi connectivity index (χ2n) is 9.13. The fourth-order valence-electron chi connectivity index (χ4n) is 3.60. The first-order valence-electron chi connectivity index (χ1n) is 13.0. The lowest BCUT2D eigenvalue weighted by atomic mass is 10.0. The lowest BCUT2D eigenvalue weighted by Gasteiger charge is -2.11. The number of carbonyl (C=O) groups is 1. The number of benzene rings is 3. The molecule has 3 aromatic rings. The number of unbranched alkanes of at least 4 members (excludes halogenated alkanes) is 4. The van der Waals surface area contributed by atoms with Crippen molar-refractivity contribution in [3.8, 4) is 28.4 Å². The molecule has 0 fully saturated rings. The molecule has 4 nitrogen and oxygen atoms in total. The molecule has 0 N–H and O–H groups in total. The van der Waals surface area contributed by atoms with Crippen LogP contribution in [0.3, 0.4) is 0 Å². The molecule has 1 atom stereocenters. The van der Waals surface area contributed by atoms with E-state index >= 15 is 0 Å². The van der Waals surface area contributed by atoms with Gasteiger partial charge in [-0.3, -0.25) is 0 Å². The monoisotopic (exact) mass is 486 g/mol. The molecule has 0 saturated carbocycles. The van der Waals surface area contributed by atoms with Crippen LogP contribution in [0.5, 0.6) is 17.2 Å². The number of rotatable bonds is 15. The van der Waals surface area contributed by atoms with Gasteiger partial charge in [0.15, 0.2) is 0 Å². The van der Waals surface area contributed by atoms with Gasteiger partial charge in [0.05, 0.1) is 18.8 Å². The molecule has 36 heavy (non-hydrogen) atoms. The minimum Gasteiger partial charge on any atom is -0.494 e. The van der Waals surface area contributed by atoms with Crippen LogP contribution in [0.15, 0.2) is 85.5 Å². The second-order valence-corrected chi connectivity index (χ2v) is 9.13. The zero-order valence-corrected chi connectivity index (χ0v) is 21.6. The van der Waals surface area contributed by atoms with E-state index in [9.17, 15) is 4.79 Å². The summed E-state index contributed by atoms with van der Waals surface area (Å²) in [5.41, 5.74) is 2.60. The summed E-state index contributed by atoms with van der Waals surface area (Å²) in [6.45, 7) is 9.50. The summed E-state index contributed by atoms with van der Waals surface area (Å²) in [6.07, 6.45) is 8.71. The first kappa shape index (κ1) is 27.1. The van der Waals surface area contributed by atoms with E-state index in [1.54, 1.807) is 24.3 Å². The highest BCUT2D eigenvalue weighted by molar-refractivity contribution is 5.91. The standard InChI is InChI=1S/C32H38O4/c1-4-6-7-8-9-10-23-34-29-19-21-31(22-20-29)36-32(33)28-13-11-26(12-14-28)27-15-17-30(18-16-27)35-24-25(3)5-2/h4,11-22,25H,1,5-10,23-24H2,2-3H3/t25-/m0/s1. The molecular weight excluding hydrogens is 448 g/mol. The molecule has 0 aliphatic heterocycles. The maximum absolute atomic E-state index is 12.6. The summed E-state index contributed by atoms with van der Waals surface area (Å²) >= 11 is 0. The summed E-state index contributed by atoms with van der Waals surface area (Å²) in [4.78, 5) is 12.6. The minimum atomic E-state index is -0.386. The van der Waals surface area contributed by atoms with E-state index in [1.807, 2.05) is 54.6 Å². The Morgan fingerprint density at radius 2 is 1.33 bits per heavy atom. The predicted octanol–water partition coefficient (Wildman–Crippen LogP) is 8.51. The predicted molar refractivity (Wildman–Crippen MR) is 147 cm³/mol. The van der Waals surface area contributed by atoms with Gasteiger partial charge in [-0.2, -0.15) is 0 Å². The lowest BCUT2D eigenvalue weighted by Crippen LogP contribution is -2.08. The summed E-state index contributed by atoms with van der Waals surface area (Å²) in [7, 11) is 0. The Labute approximate surface area is 215 Å². The summed E-state index contributed by atoms with van der Waals surface area (Å²) in [5, 5.41) is 0. The molecule has 0 bridgehead atoms. The molecule has 0 aromatic heterocycles. The number of allylic oxidation sites excluding steroid dienone is 1. The number of hydrogen-bond acceptors (Lipinski definition) is 4. The molecule has 0 amide bonds. The van der Waals surface area contributed by atoms with Crippen LogP contribution < -0.4 is 14.2 Å². The Balaban J connectivity index is 1.46. The molecule has 0 aliphatic rings. The Morgan fingerprint density at radius 1 is 0.778 bits per heavy atom. The third-order valence-corrected chi connectivity index (χ3v) is 6.15. The first-order chi connectivity index (χ1) is 17.6. The average molecular weight is 487 g/mol. The number of esters is 1. The number of carbonyl (C=O) groups excluding carboxylic acids is 1. The van der Waals surface area contributed by atoms with Crippen LogP contribution in [-0.4, -0.2) is 19.2 Å². The maximum Gasteiger partial charge on any atom is 0.343 e. The highest BCUT2D eigenvalue weighted by Crippen LogP contribution is 2.24. The highest BCUT2D eigenvalue weighted by Gasteiger charge is 2.10. The van der Waals surface area contributed by atoms with Crippen molar-refractivity contribution in [2.75, 3.05) is 13.2 Å². The van der Waals surface area contributed by atoms with E-state index in [0.717, 1.165) is 54.9 Å². The third kappa shape index (κ3) is 8.92. The third-order valence-electron chi connectivity index (χ3n) is 6.15. The van der Waals surface area contributed by atoms with Gasteiger partial charge in [-0.25, -0.2) is 4.79 Å². The first-order valence-corrected chi connectivity index (χ1v) is 13.0. The van der Waals surface area contributed by atoms with E-state index in [1.165, 1.54) is 12.8 Å². The lowest BCUT2D eigenvalue weighted by molar-refractivity contribution is 0.0734. The van der Waals surface area contributed by atoms with Gasteiger partial charge in [-0.05, 0) is 84.8 Å². The minimum absolute atomic E-state index is 0.386. The average Bonchev–Trinajstić information content (AvgIpc) is 2.92. The number of ether oxygens (including phenoxy) is 3. The largest absolute Gasteiger partial charge is 0.494 e. The van der Waals surface area contributed by atoms with Crippen molar-refractivity contribution in [3.05, 3.63) is 91.0 Å². The zero-order chi connectivity index (χ0) is 25.6. The van der Waals surface area contributed by atoms with Crippen LogP contribution in [0.2, 0.25) is 0 Å². The van der Waals surface area contributed by atoms with Crippen molar-refractivity contribution in [3.63, 3.8) is 0 Å². The Morgan fingerprint density at radius 3 is 1.97 bits per heavy atom. The van der Waals surface area contributed by atoms with Crippen LogP contribution in [-0.2, 0) is 0 Å². The van der Waals surface area contributed by atoms with E-state index in [0.29, 0.717) is 23.8 Å². The molecule has 0 spiro atoms. The molecule has 0 aliphatic carbocycles. The molecular formula is C32H38O4. The zero-order valence-electron chi connectivity index (χ0n) is 21.6. The molecule has 4 heteroatoms. The topological polar surface area (TPSA) is 44.8 Å². The van der Waals surface area contributed by atoms with Crippen LogP contribution in [0, 0.1) is 5.92 Å². The highest BCUT2D eigenvalue weighted by atomic mass is 16.5. The summed E-state index contributed by atoms with van der Waals surface area (Å²) < 4.78 is 17.1. The van der Waals surface area contributed by atoms with Crippen molar-refractivity contribution in [1.29, 1.82) is 0 Å². The van der Waals surface area contributed by atoms with Crippen molar-refractivity contribution in [2.45, 2.75) is 52.4 Å². The van der Waals surface area contributed by atoms with Gasteiger partial charge in [-0.15, -0.1) is 6.58 Å². The summed E-state index contributed by atoms with van der Waals surface area (Å²) in [5.74, 6) is 2.30.